The summed E-state index contributed by atoms with van der Waals surface area (Å²) >= 11 is 1.43. The molecule has 0 spiro atoms. The Kier molecular flexibility index (Phi) is 6.42. The van der Waals surface area contributed by atoms with Gasteiger partial charge in [0.2, 0.25) is 0 Å². The molecule has 0 bridgehead atoms. The Balaban J connectivity index is 1.25. The highest BCUT2D eigenvalue weighted by Gasteiger charge is 2.22. The number of thiophene rings is 1. The van der Waals surface area contributed by atoms with E-state index in [0.717, 1.165) is 48.7 Å². The smallest absolute Gasteiger partial charge is 0.164 e. The Morgan fingerprint density at radius 1 is 0.446 bits per heavy atom. The molecule has 0 saturated carbocycles. The molecule has 4 aromatic heterocycles. The van der Waals surface area contributed by atoms with Gasteiger partial charge in [-0.1, -0.05) is 145 Å². The van der Waals surface area contributed by atoms with Gasteiger partial charge in [0.15, 0.2) is 23.3 Å². The molecule has 0 amide bonds. The maximum atomic E-state index is 9.07. The molecule has 0 aliphatic rings. The second kappa shape index (κ2) is 13.2. The number of rotatable bonds is 6. The topological polar surface area (TPSA) is 69.4 Å². The van der Waals surface area contributed by atoms with E-state index in [9.17, 15) is 0 Å². The number of hydrogen-bond acceptors (Lipinski definition) is 6. The second-order valence-corrected chi connectivity index (χ2v) is 14.4. The highest BCUT2D eigenvalue weighted by molar-refractivity contribution is 7.26. The van der Waals surface area contributed by atoms with Gasteiger partial charge in [-0.05, 0) is 36.4 Å². The van der Waals surface area contributed by atoms with Crippen molar-refractivity contribution in [3.63, 3.8) is 0 Å². The van der Waals surface area contributed by atoms with Gasteiger partial charge in [-0.25, -0.2) is 24.9 Å². The van der Waals surface area contributed by atoms with Gasteiger partial charge < -0.3 is 4.57 Å². The maximum absolute atomic E-state index is 9.07. The van der Waals surface area contributed by atoms with Crippen LogP contribution >= 0.6 is 11.3 Å². The number of fused-ring (bicyclic) bond motifs is 6. The summed E-state index contributed by atoms with van der Waals surface area (Å²) < 4.78 is 47.5. The van der Waals surface area contributed by atoms with E-state index in [1.807, 2.05) is 127 Å². The van der Waals surface area contributed by atoms with E-state index in [-0.39, 0.29) is 23.3 Å². The number of nitrogens with zero attached hydrogens (tertiary/aromatic N) is 6. The monoisotopic (exact) mass is 739 g/mol. The van der Waals surface area contributed by atoms with Gasteiger partial charge in [0, 0.05) is 48.7 Å². The summed E-state index contributed by atoms with van der Waals surface area (Å²) in [5.74, 6) is 1.78. The van der Waals surface area contributed by atoms with Crippen LogP contribution < -0.4 is 0 Å². The summed E-state index contributed by atoms with van der Waals surface area (Å²) in [6.45, 7) is 0. The third-order valence-corrected chi connectivity index (χ3v) is 11.1. The molecule has 4 heterocycles. The van der Waals surface area contributed by atoms with E-state index >= 15 is 0 Å². The normalized spacial score (nSPS) is 12.8. The Hall–Kier alpha value is -7.35. The predicted molar refractivity (Wildman–Crippen MR) is 230 cm³/mol. The molecule has 0 aliphatic heterocycles. The predicted octanol–water partition coefficient (Wildman–Crippen LogP) is 12.5. The van der Waals surface area contributed by atoms with E-state index in [1.165, 1.54) is 11.3 Å². The SMILES string of the molecule is [2H]c1c([2H])c([2H])c(-c2nc(-c3cc(-c4nc(-c5ccccc5)nc(-c5ccccc5)n4)ccc3-n3c4ccccc4c4ccccc43)nc3c2sc2ccccc23)c([2H])c1[2H]. The minimum Gasteiger partial charge on any atom is -0.309 e. The standard InChI is InChI=1S/C49H30N6S/c1-4-16-31(17-5-1)43-45-44(37-24-12-15-27-42(37)56-45)51-49(50-43)38-30-34(28-29-41(38)55-39-25-13-10-22-35(39)36-23-11-14-26-40(36)55)48-53-46(32-18-6-2-7-19-32)52-47(54-48)33-20-8-3-9-21-33/h1-30H/i1D,4D,5D,16D,17D. The molecule has 56 heavy (non-hydrogen) atoms. The van der Waals surface area contributed by atoms with Crippen molar-refractivity contribution < 1.29 is 6.85 Å². The van der Waals surface area contributed by atoms with Crippen LogP contribution in [0.2, 0.25) is 0 Å². The van der Waals surface area contributed by atoms with Crippen LogP contribution in [-0.2, 0) is 0 Å². The lowest BCUT2D eigenvalue weighted by Crippen LogP contribution is -2.03. The van der Waals surface area contributed by atoms with Crippen molar-refractivity contribution in [2.24, 2.45) is 0 Å². The molecule has 0 N–H and O–H groups in total. The Morgan fingerprint density at radius 2 is 1.00 bits per heavy atom. The van der Waals surface area contributed by atoms with Gasteiger partial charge in [0.1, 0.15) is 0 Å². The van der Waals surface area contributed by atoms with E-state index in [1.54, 1.807) is 0 Å². The van der Waals surface area contributed by atoms with Crippen molar-refractivity contribution in [1.29, 1.82) is 0 Å². The quantitative estimate of drug-likeness (QED) is 0.170. The second-order valence-electron chi connectivity index (χ2n) is 13.3. The Bertz CT molecular complexity index is 3410. The molecular formula is C49H30N6S. The van der Waals surface area contributed by atoms with Gasteiger partial charge >= 0.3 is 0 Å². The molecule has 0 aliphatic carbocycles. The van der Waals surface area contributed by atoms with Crippen molar-refractivity contribution in [1.82, 2.24) is 29.5 Å². The first-order valence-electron chi connectivity index (χ1n) is 20.6. The van der Waals surface area contributed by atoms with Crippen LogP contribution in [-0.4, -0.2) is 29.5 Å². The molecule has 0 fully saturated rings. The average Bonchev–Trinajstić information content (AvgIpc) is 3.86. The zero-order valence-corrected chi connectivity index (χ0v) is 30.3. The number of benzene rings is 7. The summed E-state index contributed by atoms with van der Waals surface area (Å²) in [5.41, 5.74) is 6.59. The molecule has 7 aromatic carbocycles. The third-order valence-electron chi connectivity index (χ3n) is 9.97. The fourth-order valence-corrected chi connectivity index (χ4v) is 8.56. The van der Waals surface area contributed by atoms with Crippen LogP contribution in [0.15, 0.2) is 182 Å². The zero-order valence-electron chi connectivity index (χ0n) is 34.5. The maximum Gasteiger partial charge on any atom is 0.164 e. The minimum absolute atomic E-state index is 0.0123. The Morgan fingerprint density at radius 3 is 1.64 bits per heavy atom. The molecule has 0 saturated heterocycles. The van der Waals surface area contributed by atoms with Crippen LogP contribution in [0.5, 0.6) is 0 Å². The van der Waals surface area contributed by atoms with E-state index in [4.69, 9.17) is 31.8 Å². The lowest BCUT2D eigenvalue weighted by Gasteiger charge is -2.16. The molecule has 262 valence electrons. The lowest BCUT2D eigenvalue weighted by atomic mass is 10.0. The highest BCUT2D eigenvalue weighted by atomic mass is 32.1. The highest BCUT2D eigenvalue weighted by Crippen LogP contribution is 2.42. The van der Waals surface area contributed by atoms with Crippen molar-refractivity contribution in [3.8, 4) is 62.5 Å². The molecule has 0 atom stereocenters. The molecule has 7 heteroatoms. The molecule has 11 aromatic rings. The molecule has 11 rings (SSSR count). The fourth-order valence-electron chi connectivity index (χ4n) is 7.42. The number of aromatic nitrogens is 6. The first-order chi connectivity index (χ1) is 29.8. The van der Waals surface area contributed by atoms with E-state index in [0.29, 0.717) is 44.6 Å². The number of para-hydroxylation sites is 2. The zero-order chi connectivity index (χ0) is 41.4. The lowest BCUT2D eigenvalue weighted by molar-refractivity contribution is 1.07. The fraction of sp³-hybridized carbons (Fsp3) is 0. The first kappa shape index (κ1) is 27.3. The van der Waals surface area contributed by atoms with Crippen LogP contribution in [0.3, 0.4) is 0 Å². The van der Waals surface area contributed by atoms with Gasteiger partial charge in [-0.15, -0.1) is 11.3 Å². The van der Waals surface area contributed by atoms with Crippen molar-refractivity contribution >= 4 is 53.4 Å². The van der Waals surface area contributed by atoms with Crippen molar-refractivity contribution in [3.05, 3.63) is 182 Å². The summed E-state index contributed by atoms with van der Waals surface area (Å²) in [5, 5.41) is 3.02. The minimum atomic E-state index is -0.468. The van der Waals surface area contributed by atoms with Crippen LogP contribution in [0.4, 0.5) is 0 Å². The summed E-state index contributed by atoms with van der Waals surface area (Å²) in [7, 11) is 0. The summed E-state index contributed by atoms with van der Waals surface area (Å²) in [6, 6.07) is 48.0. The van der Waals surface area contributed by atoms with Crippen molar-refractivity contribution in [2.45, 2.75) is 0 Å². The molecular weight excluding hydrogens is 705 g/mol. The van der Waals surface area contributed by atoms with E-state index < -0.39 is 18.1 Å². The van der Waals surface area contributed by atoms with Crippen LogP contribution in [0, 0.1) is 0 Å². The van der Waals surface area contributed by atoms with Crippen LogP contribution in [0.1, 0.15) is 6.85 Å². The molecule has 0 radical (unpaired) electrons. The van der Waals surface area contributed by atoms with Gasteiger partial charge in [-0.3, -0.25) is 0 Å². The van der Waals surface area contributed by atoms with Crippen LogP contribution in [0.25, 0.3) is 105 Å². The average molecular weight is 740 g/mol. The molecule has 6 nitrogen and oxygen atoms in total. The van der Waals surface area contributed by atoms with E-state index in [2.05, 4.69) is 28.8 Å². The molecule has 0 unspecified atom stereocenters. The summed E-state index contributed by atoms with van der Waals surface area (Å²) in [4.78, 5) is 25.6. The third kappa shape index (κ3) is 5.36. The summed E-state index contributed by atoms with van der Waals surface area (Å²) in [6.07, 6.45) is 0. The number of hydrogen-bond donors (Lipinski definition) is 0. The van der Waals surface area contributed by atoms with Gasteiger partial charge in [-0.2, -0.15) is 0 Å². The van der Waals surface area contributed by atoms with Gasteiger partial charge in [0.25, 0.3) is 0 Å². The van der Waals surface area contributed by atoms with Crippen molar-refractivity contribution in [2.75, 3.05) is 0 Å². The Labute approximate surface area is 333 Å². The largest absolute Gasteiger partial charge is 0.309 e. The first-order valence-corrected chi connectivity index (χ1v) is 18.9. The van der Waals surface area contributed by atoms with Gasteiger partial charge in [0.05, 0.1) is 39.5 Å².